The van der Waals surface area contributed by atoms with Gasteiger partial charge in [-0.2, -0.15) is 22.0 Å². The second-order valence-electron chi connectivity index (χ2n) is 7.46. The van der Waals surface area contributed by atoms with Crippen molar-refractivity contribution in [3.05, 3.63) is 0 Å². The van der Waals surface area contributed by atoms with E-state index in [-0.39, 0.29) is 18.8 Å². The lowest BCUT2D eigenvalue weighted by molar-refractivity contribution is -0.305. The van der Waals surface area contributed by atoms with Crippen LogP contribution in [0.5, 0.6) is 0 Å². The Bertz CT molecular complexity index is 441. The fourth-order valence-corrected chi connectivity index (χ4v) is 4.07. The molecule has 0 amide bonds. The van der Waals surface area contributed by atoms with Gasteiger partial charge in [0.1, 0.15) is 0 Å². The number of hydrogen-bond donors (Lipinski definition) is 0. The highest BCUT2D eigenvalue weighted by molar-refractivity contribution is 5.09. The van der Waals surface area contributed by atoms with E-state index >= 15 is 0 Å². The molecule has 0 nitrogen and oxygen atoms in total. The number of rotatable bonds is 3. The average Bonchev–Trinajstić information content (AvgIpc) is 2.54. The zero-order valence-corrected chi connectivity index (χ0v) is 14.3. The van der Waals surface area contributed by atoms with E-state index in [2.05, 4.69) is 18.8 Å². The fourth-order valence-electron chi connectivity index (χ4n) is 4.07. The molecular weight excluding hydrogens is 323 g/mol. The van der Waals surface area contributed by atoms with Crippen molar-refractivity contribution in [3.8, 4) is 11.8 Å². The summed E-state index contributed by atoms with van der Waals surface area (Å²) in [6.45, 7) is 2.20. The minimum Gasteiger partial charge on any atom is -0.196 e. The van der Waals surface area contributed by atoms with E-state index in [0.29, 0.717) is 18.8 Å². The van der Waals surface area contributed by atoms with Crippen molar-refractivity contribution in [1.29, 1.82) is 0 Å². The molecule has 0 N–H and O–H groups in total. The molecule has 2 aliphatic rings. The van der Waals surface area contributed by atoms with Gasteiger partial charge in [-0.3, -0.25) is 0 Å². The predicted molar refractivity (Wildman–Crippen MR) is 84.6 cm³/mol. The third kappa shape index (κ3) is 4.86. The molecule has 2 fully saturated rings. The summed E-state index contributed by atoms with van der Waals surface area (Å²) in [5.41, 5.74) is 0. The van der Waals surface area contributed by atoms with Crippen LogP contribution in [-0.2, 0) is 0 Å². The highest BCUT2D eigenvalue weighted by Crippen LogP contribution is 2.47. The van der Waals surface area contributed by atoms with E-state index in [4.69, 9.17) is 0 Å². The molecule has 0 radical (unpaired) electrons. The summed E-state index contributed by atoms with van der Waals surface area (Å²) >= 11 is 0. The van der Waals surface area contributed by atoms with Crippen molar-refractivity contribution in [1.82, 2.24) is 0 Å². The Kier molecular flexibility index (Phi) is 6.56. The molecule has 0 spiro atoms. The zero-order chi connectivity index (χ0) is 17.8. The summed E-state index contributed by atoms with van der Waals surface area (Å²) in [7, 11) is 0. The zero-order valence-electron chi connectivity index (χ0n) is 14.3. The molecule has 24 heavy (non-hydrogen) atoms. The van der Waals surface area contributed by atoms with Crippen LogP contribution >= 0.6 is 0 Å². The van der Waals surface area contributed by atoms with Gasteiger partial charge in [0, 0.05) is 17.8 Å². The Morgan fingerprint density at radius 1 is 0.750 bits per heavy atom. The van der Waals surface area contributed by atoms with Crippen LogP contribution in [0.1, 0.15) is 71.1 Å². The van der Waals surface area contributed by atoms with E-state index in [1.165, 1.54) is 25.7 Å². The van der Waals surface area contributed by atoms with Crippen LogP contribution in [0.4, 0.5) is 22.0 Å². The SMILES string of the molecule is CCCC1CCC(C#CC2CCC(C(F)(F)C(F)(F)F)CC2)CC1. The molecule has 5 heteroatoms. The summed E-state index contributed by atoms with van der Waals surface area (Å²) in [6, 6.07) is 0. The molecule has 0 aromatic carbocycles. The summed E-state index contributed by atoms with van der Waals surface area (Å²) in [5.74, 6) is 1.48. The van der Waals surface area contributed by atoms with E-state index in [1.807, 2.05) is 0 Å². The van der Waals surface area contributed by atoms with Gasteiger partial charge in [-0.05, 0) is 57.3 Å². The molecule has 0 bridgehead atoms. The highest BCUT2D eigenvalue weighted by Gasteiger charge is 2.61. The van der Waals surface area contributed by atoms with Gasteiger partial charge in [0.25, 0.3) is 0 Å². The monoisotopic (exact) mass is 350 g/mol. The Labute approximate surface area is 141 Å². The van der Waals surface area contributed by atoms with Gasteiger partial charge in [-0.15, -0.1) is 0 Å². The van der Waals surface area contributed by atoms with E-state index < -0.39 is 18.0 Å². The van der Waals surface area contributed by atoms with Crippen molar-refractivity contribution in [2.45, 2.75) is 83.2 Å². The molecule has 0 saturated heterocycles. The standard InChI is InChI=1S/C19H27F5/c1-2-3-14-4-6-15(7-5-14)8-9-16-10-12-17(13-11-16)18(20,21)19(22,23)24/h14-17H,2-7,10-13H2,1H3. The number of halogens is 5. The molecule has 0 aromatic rings. The van der Waals surface area contributed by atoms with E-state index in [1.54, 1.807) is 0 Å². The lowest BCUT2D eigenvalue weighted by Crippen LogP contribution is -2.44. The topological polar surface area (TPSA) is 0 Å². The van der Waals surface area contributed by atoms with Crippen LogP contribution in [0.25, 0.3) is 0 Å². The van der Waals surface area contributed by atoms with Crippen molar-refractivity contribution in [2.75, 3.05) is 0 Å². The van der Waals surface area contributed by atoms with E-state index in [9.17, 15) is 22.0 Å². The van der Waals surface area contributed by atoms with Gasteiger partial charge in [0.05, 0.1) is 0 Å². The normalized spacial score (nSPS) is 32.1. The minimum absolute atomic E-state index is 0.0151. The second-order valence-corrected chi connectivity index (χ2v) is 7.46. The average molecular weight is 350 g/mol. The molecular formula is C19H27F5. The smallest absolute Gasteiger partial charge is 0.196 e. The fraction of sp³-hybridized carbons (Fsp3) is 0.895. The predicted octanol–water partition coefficient (Wildman–Crippen LogP) is 6.60. The van der Waals surface area contributed by atoms with Crippen molar-refractivity contribution < 1.29 is 22.0 Å². The first kappa shape index (κ1) is 19.5. The van der Waals surface area contributed by atoms with E-state index in [0.717, 1.165) is 18.8 Å². The van der Waals surface area contributed by atoms with Crippen LogP contribution in [-0.4, -0.2) is 12.1 Å². The molecule has 2 aliphatic carbocycles. The first-order valence-corrected chi connectivity index (χ1v) is 9.19. The highest BCUT2D eigenvalue weighted by atomic mass is 19.4. The van der Waals surface area contributed by atoms with Crippen LogP contribution in [0.15, 0.2) is 0 Å². The Hall–Kier alpha value is -0.790. The molecule has 0 atom stereocenters. The Morgan fingerprint density at radius 2 is 1.21 bits per heavy atom. The quantitative estimate of drug-likeness (QED) is 0.397. The van der Waals surface area contributed by atoms with Gasteiger partial charge < -0.3 is 0 Å². The van der Waals surface area contributed by atoms with Gasteiger partial charge in [-0.1, -0.05) is 31.6 Å². The number of alkyl halides is 5. The van der Waals surface area contributed by atoms with Gasteiger partial charge in [-0.25, -0.2) is 0 Å². The largest absolute Gasteiger partial charge is 0.453 e. The maximum Gasteiger partial charge on any atom is 0.453 e. The lowest BCUT2D eigenvalue weighted by atomic mass is 9.77. The molecule has 2 rings (SSSR count). The van der Waals surface area contributed by atoms with Gasteiger partial charge >= 0.3 is 12.1 Å². The van der Waals surface area contributed by atoms with Crippen LogP contribution in [0, 0.1) is 35.5 Å². The van der Waals surface area contributed by atoms with Crippen LogP contribution < -0.4 is 0 Å². The van der Waals surface area contributed by atoms with Gasteiger partial charge in [0.2, 0.25) is 0 Å². The van der Waals surface area contributed by atoms with Crippen molar-refractivity contribution in [2.24, 2.45) is 23.7 Å². The summed E-state index contributed by atoms with van der Waals surface area (Å²) in [4.78, 5) is 0. The first-order valence-electron chi connectivity index (χ1n) is 9.19. The lowest BCUT2D eigenvalue weighted by Gasteiger charge is -2.33. The van der Waals surface area contributed by atoms with Crippen molar-refractivity contribution >= 4 is 0 Å². The molecule has 2 saturated carbocycles. The molecule has 0 aromatic heterocycles. The molecule has 0 heterocycles. The number of hydrogen-bond acceptors (Lipinski definition) is 0. The first-order chi connectivity index (χ1) is 11.2. The maximum absolute atomic E-state index is 13.4. The minimum atomic E-state index is -5.44. The third-order valence-corrected chi connectivity index (χ3v) is 5.65. The van der Waals surface area contributed by atoms with Crippen LogP contribution in [0.2, 0.25) is 0 Å². The molecule has 138 valence electrons. The second kappa shape index (κ2) is 8.06. The van der Waals surface area contributed by atoms with Gasteiger partial charge in [0.15, 0.2) is 0 Å². The summed E-state index contributed by atoms with van der Waals surface area (Å²) in [6.07, 6.45) is 2.19. The van der Waals surface area contributed by atoms with Crippen molar-refractivity contribution in [3.63, 3.8) is 0 Å². The molecule has 0 aliphatic heterocycles. The van der Waals surface area contributed by atoms with Crippen LogP contribution in [0.3, 0.4) is 0 Å². The third-order valence-electron chi connectivity index (χ3n) is 5.65. The summed E-state index contributed by atoms with van der Waals surface area (Å²) < 4.78 is 64.0. The molecule has 0 unspecified atom stereocenters. The Balaban J connectivity index is 1.78. The Morgan fingerprint density at radius 3 is 1.62 bits per heavy atom. The summed E-state index contributed by atoms with van der Waals surface area (Å²) in [5, 5.41) is 0. The maximum atomic E-state index is 13.4.